The van der Waals surface area contributed by atoms with Crippen LogP contribution in [0.15, 0.2) is 42.5 Å². The molecular formula is C21H20F5N3. The Hall–Kier alpha value is -2.48. The Balaban J connectivity index is 1.44. The highest BCUT2D eigenvalue weighted by atomic mass is 19.4. The molecule has 0 N–H and O–H groups in total. The summed E-state index contributed by atoms with van der Waals surface area (Å²) >= 11 is 0. The number of piperidine rings is 1. The summed E-state index contributed by atoms with van der Waals surface area (Å²) in [5, 5.41) is 0. The smallest absolute Gasteiger partial charge is 0.320 e. The zero-order valence-electron chi connectivity index (χ0n) is 15.6. The van der Waals surface area contributed by atoms with E-state index < -0.39 is 23.6 Å². The zero-order valence-corrected chi connectivity index (χ0v) is 15.6. The number of nitrogens with zero attached hydrogens (tertiary/aromatic N) is 3. The summed E-state index contributed by atoms with van der Waals surface area (Å²) in [6, 6.07) is 10.5. The number of hydrogen-bond donors (Lipinski definition) is 0. The van der Waals surface area contributed by atoms with Crippen LogP contribution in [-0.4, -0.2) is 27.5 Å². The van der Waals surface area contributed by atoms with Crippen LogP contribution in [0.1, 0.15) is 24.2 Å². The first-order valence-electron chi connectivity index (χ1n) is 9.50. The van der Waals surface area contributed by atoms with Crippen molar-refractivity contribution in [2.75, 3.05) is 13.1 Å². The number of halogens is 5. The second-order valence-electron chi connectivity index (χ2n) is 7.50. The first kappa shape index (κ1) is 19.8. The number of alkyl halides is 3. The number of aromatic nitrogens is 2. The van der Waals surface area contributed by atoms with Gasteiger partial charge in [-0.15, -0.1) is 0 Å². The maximum absolute atomic E-state index is 13.5. The molecule has 1 fully saturated rings. The summed E-state index contributed by atoms with van der Waals surface area (Å²) in [7, 11) is 0. The minimum Gasteiger partial charge on any atom is -0.320 e. The highest BCUT2D eigenvalue weighted by Crippen LogP contribution is 2.33. The fourth-order valence-corrected chi connectivity index (χ4v) is 3.96. The van der Waals surface area contributed by atoms with Crippen molar-refractivity contribution in [2.45, 2.75) is 32.1 Å². The second-order valence-corrected chi connectivity index (χ2v) is 7.50. The summed E-state index contributed by atoms with van der Waals surface area (Å²) in [6.45, 7) is 2.13. The molecule has 0 saturated carbocycles. The zero-order chi connectivity index (χ0) is 20.6. The Morgan fingerprint density at radius 1 is 0.966 bits per heavy atom. The maximum atomic E-state index is 13.5. The standard InChI is InChI=1S/C21H20F5N3/c22-16-6-5-15(11-17(16)23)12-28-9-7-14(8-10-28)13-29-19-4-2-1-3-18(19)27-20(29)21(24,25)26/h1-6,11,14H,7-10,12-13H2. The van der Waals surface area contributed by atoms with Crippen LogP contribution >= 0.6 is 0 Å². The van der Waals surface area contributed by atoms with Gasteiger partial charge in [0.25, 0.3) is 0 Å². The number of fused-ring (bicyclic) bond motifs is 1. The van der Waals surface area contributed by atoms with E-state index in [1.807, 2.05) is 0 Å². The monoisotopic (exact) mass is 409 g/mol. The lowest BCUT2D eigenvalue weighted by Gasteiger charge is -2.32. The summed E-state index contributed by atoms with van der Waals surface area (Å²) < 4.78 is 68.1. The van der Waals surface area contributed by atoms with E-state index in [4.69, 9.17) is 0 Å². The number of imidazole rings is 1. The molecule has 0 unspecified atom stereocenters. The van der Waals surface area contributed by atoms with Gasteiger partial charge in [-0.1, -0.05) is 18.2 Å². The molecule has 0 spiro atoms. The van der Waals surface area contributed by atoms with Crippen molar-refractivity contribution in [3.63, 3.8) is 0 Å². The molecule has 0 radical (unpaired) electrons. The van der Waals surface area contributed by atoms with Gasteiger partial charge in [0, 0.05) is 13.1 Å². The largest absolute Gasteiger partial charge is 0.449 e. The number of para-hydroxylation sites is 2. The van der Waals surface area contributed by atoms with Gasteiger partial charge in [-0.2, -0.15) is 13.2 Å². The van der Waals surface area contributed by atoms with Gasteiger partial charge in [0.15, 0.2) is 11.6 Å². The number of hydrogen-bond acceptors (Lipinski definition) is 2. The average Bonchev–Trinajstić information content (AvgIpc) is 3.05. The van der Waals surface area contributed by atoms with Crippen molar-refractivity contribution >= 4 is 11.0 Å². The van der Waals surface area contributed by atoms with E-state index in [0.717, 1.165) is 18.9 Å². The fourth-order valence-electron chi connectivity index (χ4n) is 3.96. The predicted octanol–water partition coefficient (Wildman–Crippen LogP) is 5.25. The number of likely N-dealkylation sites (tertiary alicyclic amines) is 1. The topological polar surface area (TPSA) is 21.1 Å². The Bertz CT molecular complexity index is 1000. The highest BCUT2D eigenvalue weighted by Gasteiger charge is 2.38. The molecule has 0 atom stereocenters. The highest BCUT2D eigenvalue weighted by molar-refractivity contribution is 5.76. The van der Waals surface area contributed by atoms with Crippen molar-refractivity contribution in [3.8, 4) is 0 Å². The van der Waals surface area contributed by atoms with Gasteiger partial charge in [-0.25, -0.2) is 13.8 Å². The van der Waals surface area contributed by atoms with Gasteiger partial charge in [0.1, 0.15) is 0 Å². The number of rotatable bonds is 4. The van der Waals surface area contributed by atoms with E-state index in [2.05, 4.69) is 9.88 Å². The molecule has 29 heavy (non-hydrogen) atoms. The summed E-state index contributed by atoms with van der Waals surface area (Å²) in [4.78, 5) is 5.91. The Morgan fingerprint density at radius 2 is 1.69 bits per heavy atom. The van der Waals surface area contributed by atoms with Crippen LogP contribution in [0.3, 0.4) is 0 Å². The first-order valence-corrected chi connectivity index (χ1v) is 9.50. The third-order valence-corrected chi connectivity index (χ3v) is 5.45. The van der Waals surface area contributed by atoms with Crippen LogP contribution in [0.2, 0.25) is 0 Å². The lowest BCUT2D eigenvalue weighted by atomic mass is 9.96. The Kier molecular flexibility index (Phi) is 5.29. The molecule has 0 amide bonds. The molecule has 3 nitrogen and oxygen atoms in total. The molecule has 4 rings (SSSR count). The van der Waals surface area contributed by atoms with Gasteiger partial charge in [0.05, 0.1) is 11.0 Å². The van der Waals surface area contributed by atoms with E-state index >= 15 is 0 Å². The Morgan fingerprint density at radius 3 is 2.38 bits per heavy atom. The molecule has 154 valence electrons. The van der Waals surface area contributed by atoms with Crippen LogP contribution in [0.5, 0.6) is 0 Å². The van der Waals surface area contributed by atoms with Crippen LogP contribution in [0.25, 0.3) is 11.0 Å². The van der Waals surface area contributed by atoms with E-state index in [-0.39, 0.29) is 12.5 Å². The second kappa shape index (κ2) is 7.74. The fraction of sp³-hybridized carbons (Fsp3) is 0.381. The van der Waals surface area contributed by atoms with E-state index in [1.54, 1.807) is 30.3 Å². The Labute approximate surface area is 164 Å². The van der Waals surface area contributed by atoms with Crippen molar-refractivity contribution in [1.82, 2.24) is 14.5 Å². The molecule has 2 aromatic carbocycles. The molecule has 2 heterocycles. The lowest BCUT2D eigenvalue weighted by Crippen LogP contribution is -2.35. The van der Waals surface area contributed by atoms with Gasteiger partial charge in [0.2, 0.25) is 5.82 Å². The minimum absolute atomic E-state index is 0.0925. The summed E-state index contributed by atoms with van der Waals surface area (Å²) in [6.07, 6.45) is -3.05. The van der Waals surface area contributed by atoms with Gasteiger partial charge in [-0.3, -0.25) is 4.90 Å². The van der Waals surface area contributed by atoms with Crippen LogP contribution < -0.4 is 0 Å². The van der Waals surface area contributed by atoms with Crippen molar-refractivity contribution in [3.05, 3.63) is 65.5 Å². The van der Waals surface area contributed by atoms with Crippen molar-refractivity contribution in [1.29, 1.82) is 0 Å². The molecule has 1 saturated heterocycles. The van der Waals surface area contributed by atoms with Gasteiger partial charge < -0.3 is 4.57 Å². The van der Waals surface area contributed by atoms with Crippen molar-refractivity contribution in [2.24, 2.45) is 5.92 Å². The molecule has 0 aliphatic carbocycles. The third-order valence-electron chi connectivity index (χ3n) is 5.45. The first-order chi connectivity index (χ1) is 13.8. The average molecular weight is 409 g/mol. The van der Waals surface area contributed by atoms with E-state index in [9.17, 15) is 22.0 Å². The molecule has 8 heteroatoms. The quantitative estimate of drug-likeness (QED) is 0.549. The maximum Gasteiger partial charge on any atom is 0.449 e. The van der Waals surface area contributed by atoms with Crippen LogP contribution in [0.4, 0.5) is 22.0 Å². The molecule has 3 aromatic rings. The predicted molar refractivity (Wildman–Crippen MR) is 99.1 cm³/mol. The normalized spacial score (nSPS) is 16.6. The molecule has 1 aromatic heterocycles. The third kappa shape index (κ3) is 4.27. The summed E-state index contributed by atoms with van der Waals surface area (Å²) in [5.41, 5.74) is 1.52. The van der Waals surface area contributed by atoms with Gasteiger partial charge in [-0.05, 0) is 61.7 Å². The molecular weight excluding hydrogens is 389 g/mol. The molecule has 1 aliphatic rings. The SMILES string of the molecule is Fc1ccc(CN2CCC(Cn3c(C(F)(F)F)nc4ccccc43)CC2)cc1F. The van der Waals surface area contributed by atoms with Crippen molar-refractivity contribution < 1.29 is 22.0 Å². The van der Waals surface area contributed by atoms with Crippen LogP contribution in [0, 0.1) is 17.6 Å². The molecule has 1 aliphatic heterocycles. The lowest BCUT2D eigenvalue weighted by molar-refractivity contribution is -0.147. The molecule has 0 bridgehead atoms. The number of benzene rings is 2. The van der Waals surface area contributed by atoms with E-state index in [0.29, 0.717) is 36.2 Å². The van der Waals surface area contributed by atoms with E-state index in [1.165, 1.54) is 10.6 Å². The summed E-state index contributed by atoms with van der Waals surface area (Å²) in [5.74, 6) is -2.51. The van der Waals surface area contributed by atoms with Crippen LogP contribution in [-0.2, 0) is 19.3 Å². The minimum atomic E-state index is -4.51. The van der Waals surface area contributed by atoms with Gasteiger partial charge >= 0.3 is 6.18 Å².